The highest BCUT2D eigenvalue weighted by Crippen LogP contribution is 2.21. The molecule has 0 radical (unpaired) electrons. The lowest BCUT2D eigenvalue weighted by atomic mass is 9.95. The van der Waals surface area contributed by atoms with Crippen molar-refractivity contribution in [1.29, 1.82) is 0 Å². The van der Waals surface area contributed by atoms with Gasteiger partial charge in [-0.15, -0.1) is 0 Å². The number of aryl methyl sites for hydroxylation is 2. The van der Waals surface area contributed by atoms with Crippen LogP contribution in [0.4, 0.5) is 0 Å². The Labute approximate surface area is 167 Å². The Bertz CT molecular complexity index is 915. The molecule has 0 spiro atoms. The quantitative estimate of drug-likeness (QED) is 0.464. The minimum atomic E-state index is -3.47. The van der Waals surface area contributed by atoms with Crippen molar-refractivity contribution in [2.45, 2.75) is 52.6 Å². The lowest BCUT2D eigenvalue weighted by Crippen LogP contribution is -2.20. The zero-order chi connectivity index (χ0) is 20.7. The first-order valence-corrected chi connectivity index (χ1v) is 11.2. The number of cyclic esters (lactones) is 1. The fraction of sp³-hybridized carbons (Fsp3) is 0.429. The van der Waals surface area contributed by atoms with E-state index in [1.165, 1.54) is 0 Å². The van der Waals surface area contributed by atoms with Gasteiger partial charge in [-0.3, -0.25) is 0 Å². The van der Waals surface area contributed by atoms with Gasteiger partial charge in [0.2, 0.25) is 10.0 Å². The molecule has 28 heavy (non-hydrogen) atoms. The molecule has 0 aromatic heterocycles. The second-order valence-corrected chi connectivity index (χ2v) is 8.89. The number of nitrogens with one attached hydrogen (secondary N) is 1. The molecule has 7 heteroatoms. The first-order chi connectivity index (χ1) is 13.2. The van der Waals surface area contributed by atoms with E-state index in [0.717, 1.165) is 35.8 Å². The maximum absolute atomic E-state index is 12.8. The summed E-state index contributed by atoms with van der Waals surface area (Å²) in [5, 5.41) is 4.04. The molecule has 1 atom stereocenters. The summed E-state index contributed by atoms with van der Waals surface area (Å²) in [4.78, 5) is 15.0. The number of rotatable bonds is 2. The molecule has 1 aliphatic rings. The van der Waals surface area contributed by atoms with E-state index in [4.69, 9.17) is 4.74 Å². The predicted molar refractivity (Wildman–Crippen MR) is 112 cm³/mol. The molecule has 0 bridgehead atoms. The predicted octanol–water partition coefficient (Wildman–Crippen LogP) is 3.59. The fourth-order valence-electron chi connectivity index (χ4n) is 3.07. The molecule has 0 fully saturated rings. The van der Waals surface area contributed by atoms with Crippen LogP contribution in [-0.4, -0.2) is 32.5 Å². The summed E-state index contributed by atoms with van der Waals surface area (Å²) in [6.07, 6.45) is 11.3. The molecule has 6 nitrogen and oxygen atoms in total. The zero-order valence-corrected chi connectivity index (χ0v) is 17.7. The minimum Gasteiger partial charge on any atom is -0.459 e. The van der Waals surface area contributed by atoms with Crippen LogP contribution in [-0.2, 0) is 21.2 Å². The molecular weight excluding hydrogens is 376 g/mol. The van der Waals surface area contributed by atoms with Crippen LogP contribution >= 0.6 is 0 Å². The van der Waals surface area contributed by atoms with Crippen molar-refractivity contribution in [1.82, 2.24) is 4.83 Å². The van der Waals surface area contributed by atoms with Crippen molar-refractivity contribution in [2.24, 2.45) is 5.10 Å². The number of carbonyl (C=O) groups is 1. The first kappa shape index (κ1) is 21.9. The number of carbonyl (C=O) groups excluding carboxylic acids is 1. The van der Waals surface area contributed by atoms with Gasteiger partial charge in [-0.05, 0) is 50.8 Å². The lowest BCUT2D eigenvalue weighted by Gasteiger charge is -2.17. The number of allylic oxidation sites excluding steroid dienone is 3. The van der Waals surface area contributed by atoms with E-state index in [-0.39, 0.29) is 12.1 Å². The van der Waals surface area contributed by atoms with Crippen molar-refractivity contribution in [3.05, 3.63) is 58.7 Å². The van der Waals surface area contributed by atoms with Gasteiger partial charge in [-0.2, -0.15) is 5.10 Å². The van der Waals surface area contributed by atoms with Crippen LogP contribution in [0.2, 0.25) is 0 Å². The van der Waals surface area contributed by atoms with Gasteiger partial charge in [0.25, 0.3) is 0 Å². The molecular formula is C21H28N2O4S. The molecule has 0 amide bonds. The van der Waals surface area contributed by atoms with E-state index in [0.29, 0.717) is 24.1 Å². The van der Waals surface area contributed by atoms with E-state index in [1.807, 2.05) is 45.1 Å². The highest BCUT2D eigenvalue weighted by Gasteiger charge is 2.19. The summed E-state index contributed by atoms with van der Waals surface area (Å²) in [5.41, 5.74) is 3.65. The van der Waals surface area contributed by atoms with Crippen LogP contribution in [0.3, 0.4) is 0 Å². The molecule has 1 unspecified atom stereocenters. The average molecular weight is 405 g/mol. The number of hydrogen-bond donors (Lipinski definition) is 1. The van der Waals surface area contributed by atoms with Crippen molar-refractivity contribution in [3.8, 4) is 0 Å². The Balaban J connectivity index is 2.50. The zero-order valence-electron chi connectivity index (χ0n) is 16.9. The van der Waals surface area contributed by atoms with Crippen LogP contribution < -0.4 is 4.83 Å². The number of nitrogens with zero attached hydrogens (tertiary/aromatic N) is 1. The van der Waals surface area contributed by atoms with Crippen LogP contribution in [0.5, 0.6) is 0 Å². The summed E-state index contributed by atoms with van der Waals surface area (Å²) in [6.45, 7) is 5.71. The fourth-order valence-corrected chi connectivity index (χ4v) is 3.35. The van der Waals surface area contributed by atoms with Gasteiger partial charge in [-0.25, -0.2) is 18.0 Å². The van der Waals surface area contributed by atoms with Crippen LogP contribution in [0.1, 0.15) is 53.2 Å². The number of hydrazone groups is 1. The van der Waals surface area contributed by atoms with Gasteiger partial charge in [0.15, 0.2) is 0 Å². The normalized spacial score (nSPS) is 22.6. The molecule has 0 saturated carbocycles. The van der Waals surface area contributed by atoms with E-state index < -0.39 is 10.0 Å². The summed E-state index contributed by atoms with van der Waals surface area (Å²) in [5.74, 6) is -0.370. The third-order valence-electron chi connectivity index (χ3n) is 4.25. The number of ether oxygens (including phenoxy) is 1. The molecule has 0 aliphatic carbocycles. The van der Waals surface area contributed by atoms with Gasteiger partial charge >= 0.3 is 5.97 Å². The maximum Gasteiger partial charge on any atom is 0.338 e. The number of sulfonamides is 1. The van der Waals surface area contributed by atoms with Crippen molar-refractivity contribution in [3.63, 3.8) is 0 Å². The molecule has 1 aliphatic heterocycles. The van der Waals surface area contributed by atoms with Crippen LogP contribution in [0.15, 0.2) is 41.5 Å². The Hall–Kier alpha value is -2.41. The van der Waals surface area contributed by atoms with Gasteiger partial charge in [-0.1, -0.05) is 35.9 Å². The molecule has 1 aromatic carbocycles. The molecule has 1 N–H and O–H groups in total. The van der Waals surface area contributed by atoms with Crippen molar-refractivity contribution in [2.75, 3.05) is 6.26 Å². The van der Waals surface area contributed by atoms with Gasteiger partial charge < -0.3 is 4.74 Å². The SMILES string of the molecule is Cc1cc(C)c2c(c1)CC(=NNS(C)(=O)=O)/C=C/CC/C=C/CC(C)OC2=O. The summed E-state index contributed by atoms with van der Waals surface area (Å²) < 4.78 is 28.5. The van der Waals surface area contributed by atoms with E-state index in [2.05, 4.69) is 16.0 Å². The van der Waals surface area contributed by atoms with Crippen molar-refractivity contribution >= 4 is 21.7 Å². The highest BCUT2D eigenvalue weighted by atomic mass is 32.2. The largest absolute Gasteiger partial charge is 0.459 e. The summed E-state index contributed by atoms with van der Waals surface area (Å²) in [7, 11) is -3.47. The number of benzene rings is 1. The van der Waals surface area contributed by atoms with Crippen LogP contribution in [0, 0.1) is 13.8 Å². The highest BCUT2D eigenvalue weighted by molar-refractivity contribution is 7.88. The maximum atomic E-state index is 12.8. The molecule has 2 rings (SSSR count). The standard InChI is InChI=1S/C21H28N2O4S/c1-15-12-16(2)20-18(13-15)14-19(22-23-28(4,25)26)11-9-7-5-6-8-10-17(3)27-21(20)24/h6,8-9,11-13,17,23H,5,7,10,14H2,1-4H3/b8-6+,11-9+,22-19?. The Kier molecular flexibility index (Phi) is 7.57. The molecule has 1 aromatic rings. The summed E-state index contributed by atoms with van der Waals surface area (Å²) >= 11 is 0. The van der Waals surface area contributed by atoms with Gasteiger partial charge in [0, 0.05) is 12.8 Å². The minimum absolute atomic E-state index is 0.226. The average Bonchev–Trinajstić information content (AvgIpc) is 2.56. The smallest absolute Gasteiger partial charge is 0.338 e. The summed E-state index contributed by atoms with van der Waals surface area (Å²) in [6, 6.07) is 3.86. The third-order valence-corrected chi connectivity index (χ3v) is 4.67. The second-order valence-electron chi connectivity index (χ2n) is 7.16. The lowest BCUT2D eigenvalue weighted by molar-refractivity contribution is 0.0346. The Morgan fingerprint density at radius 1 is 1.14 bits per heavy atom. The molecule has 1 heterocycles. The van der Waals surface area contributed by atoms with Gasteiger partial charge in [0.1, 0.15) is 6.10 Å². The van der Waals surface area contributed by atoms with E-state index >= 15 is 0 Å². The second kappa shape index (κ2) is 9.68. The number of fused-ring (bicyclic) bond motifs is 1. The molecule has 152 valence electrons. The van der Waals surface area contributed by atoms with Gasteiger partial charge in [0.05, 0.1) is 17.5 Å². The van der Waals surface area contributed by atoms with Crippen molar-refractivity contribution < 1.29 is 17.9 Å². The van der Waals surface area contributed by atoms with E-state index in [1.54, 1.807) is 6.08 Å². The first-order valence-electron chi connectivity index (χ1n) is 9.31. The van der Waals surface area contributed by atoms with Crippen LogP contribution in [0.25, 0.3) is 0 Å². The Morgan fingerprint density at radius 3 is 2.57 bits per heavy atom. The third kappa shape index (κ3) is 6.96. The monoisotopic (exact) mass is 404 g/mol. The molecule has 0 saturated heterocycles. The van der Waals surface area contributed by atoms with E-state index in [9.17, 15) is 13.2 Å². The Morgan fingerprint density at radius 2 is 1.86 bits per heavy atom. The number of esters is 1. The number of hydrogen-bond acceptors (Lipinski definition) is 5. The topological polar surface area (TPSA) is 84.8 Å².